The van der Waals surface area contributed by atoms with Crippen molar-refractivity contribution in [2.24, 2.45) is 0 Å². The van der Waals surface area contributed by atoms with Crippen LogP contribution >= 0.6 is 0 Å². The summed E-state index contributed by atoms with van der Waals surface area (Å²) >= 11 is 0. The van der Waals surface area contributed by atoms with E-state index in [9.17, 15) is 23.1 Å². The Balaban J connectivity index is 1.50. The van der Waals surface area contributed by atoms with Gasteiger partial charge in [-0.05, 0) is 49.4 Å². The van der Waals surface area contributed by atoms with Crippen LogP contribution < -0.4 is 9.50 Å². The van der Waals surface area contributed by atoms with Crippen LogP contribution in [0.2, 0.25) is 0 Å². The molecular formula is C23H19NO6S. The standard InChI is InChI=1S/C23H19NO6S/c1-15-6-12-18(13-7-15)31(28,29)30-17-10-8-16(9-11-17)21(25)14-23(27)19-4-2-3-5-20(19)24-22(23)26/h2-13,27H,14H2,1H3,(H,24,26). The van der Waals surface area contributed by atoms with E-state index in [4.69, 9.17) is 4.18 Å². The maximum Gasteiger partial charge on any atom is 0.339 e. The van der Waals surface area contributed by atoms with Gasteiger partial charge in [-0.1, -0.05) is 35.9 Å². The Hall–Kier alpha value is -3.49. The quantitative estimate of drug-likeness (QED) is 0.453. The predicted octanol–water partition coefficient (Wildman–Crippen LogP) is 3.18. The predicted molar refractivity (Wildman–Crippen MR) is 113 cm³/mol. The topological polar surface area (TPSA) is 110 Å². The minimum absolute atomic E-state index is 0.0198. The van der Waals surface area contributed by atoms with Crippen molar-refractivity contribution in [1.29, 1.82) is 0 Å². The summed E-state index contributed by atoms with van der Waals surface area (Å²) in [5.41, 5.74) is -0.0180. The Morgan fingerprint density at radius 3 is 2.32 bits per heavy atom. The molecule has 3 aromatic rings. The Kier molecular flexibility index (Phi) is 5.12. The minimum atomic E-state index is -4.01. The number of aryl methyl sites for hydroxylation is 1. The van der Waals surface area contributed by atoms with Gasteiger partial charge in [0.15, 0.2) is 11.4 Å². The van der Waals surface area contributed by atoms with Crippen molar-refractivity contribution < 1.29 is 27.3 Å². The van der Waals surface area contributed by atoms with E-state index in [-0.39, 0.29) is 16.2 Å². The van der Waals surface area contributed by atoms with Crippen molar-refractivity contribution in [3.63, 3.8) is 0 Å². The number of aliphatic hydroxyl groups is 1. The van der Waals surface area contributed by atoms with Crippen LogP contribution in [-0.4, -0.2) is 25.2 Å². The average Bonchev–Trinajstić information content (AvgIpc) is 2.98. The first-order valence-electron chi connectivity index (χ1n) is 9.47. The van der Waals surface area contributed by atoms with Crippen LogP contribution in [0.25, 0.3) is 0 Å². The van der Waals surface area contributed by atoms with Crippen molar-refractivity contribution in [3.05, 3.63) is 89.5 Å². The number of Topliss-reactive ketones (excluding diaryl/α,β-unsaturated/α-hetero) is 1. The van der Waals surface area contributed by atoms with Crippen molar-refractivity contribution in [3.8, 4) is 5.75 Å². The van der Waals surface area contributed by atoms with Crippen LogP contribution in [0.5, 0.6) is 5.75 Å². The highest BCUT2D eigenvalue weighted by atomic mass is 32.2. The van der Waals surface area contributed by atoms with Gasteiger partial charge in [0.2, 0.25) is 0 Å². The number of benzene rings is 3. The van der Waals surface area contributed by atoms with Gasteiger partial charge in [-0.15, -0.1) is 0 Å². The number of para-hydroxylation sites is 1. The number of hydrogen-bond donors (Lipinski definition) is 2. The van der Waals surface area contributed by atoms with Gasteiger partial charge in [-0.25, -0.2) is 0 Å². The van der Waals surface area contributed by atoms with E-state index >= 15 is 0 Å². The lowest BCUT2D eigenvalue weighted by Gasteiger charge is -2.20. The van der Waals surface area contributed by atoms with E-state index in [0.717, 1.165) is 5.56 Å². The molecule has 0 aromatic heterocycles. The molecule has 0 spiro atoms. The summed E-state index contributed by atoms with van der Waals surface area (Å²) in [4.78, 5) is 25.0. The van der Waals surface area contributed by atoms with Gasteiger partial charge in [0.25, 0.3) is 5.91 Å². The first-order valence-corrected chi connectivity index (χ1v) is 10.9. The second kappa shape index (κ2) is 7.64. The van der Waals surface area contributed by atoms with Gasteiger partial charge in [0.1, 0.15) is 10.6 Å². The van der Waals surface area contributed by atoms with Gasteiger partial charge in [0.05, 0.1) is 6.42 Å². The van der Waals surface area contributed by atoms with Crippen molar-refractivity contribution in [1.82, 2.24) is 0 Å². The highest BCUT2D eigenvalue weighted by Gasteiger charge is 2.46. The molecule has 7 nitrogen and oxygen atoms in total. The first-order chi connectivity index (χ1) is 14.7. The maximum atomic E-state index is 12.7. The lowest BCUT2D eigenvalue weighted by atomic mass is 9.88. The van der Waals surface area contributed by atoms with Gasteiger partial charge in [0, 0.05) is 16.8 Å². The molecule has 0 bridgehead atoms. The number of carbonyl (C=O) groups excluding carboxylic acids is 2. The SMILES string of the molecule is Cc1ccc(S(=O)(=O)Oc2ccc(C(=O)CC3(O)C(=O)Nc4ccccc43)cc2)cc1. The normalized spacial score (nSPS) is 17.7. The van der Waals surface area contributed by atoms with E-state index in [1.54, 1.807) is 36.4 Å². The van der Waals surface area contributed by atoms with Crippen molar-refractivity contribution >= 4 is 27.5 Å². The lowest BCUT2D eigenvalue weighted by molar-refractivity contribution is -0.133. The number of amides is 1. The monoisotopic (exact) mass is 437 g/mol. The fourth-order valence-corrected chi connectivity index (χ4v) is 4.32. The van der Waals surface area contributed by atoms with Crippen LogP contribution in [0.3, 0.4) is 0 Å². The van der Waals surface area contributed by atoms with Crippen LogP contribution in [0.4, 0.5) is 5.69 Å². The van der Waals surface area contributed by atoms with Gasteiger partial charge >= 0.3 is 10.1 Å². The summed E-state index contributed by atoms with van der Waals surface area (Å²) in [6.45, 7) is 1.84. The number of ketones is 1. The molecule has 1 heterocycles. The summed E-state index contributed by atoms with van der Waals surface area (Å²) in [6, 6.07) is 18.4. The highest BCUT2D eigenvalue weighted by Crippen LogP contribution is 2.38. The second-order valence-corrected chi connectivity index (χ2v) is 8.88. The minimum Gasteiger partial charge on any atom is -0.379 e. The number of anilines is 1. The van der Waals surface area contributed by atoms with E-state index in [2.05, 4.69) is 5.32 Å². The summed E-state index contributed by atoms with van der Waals surface area (Å²) in [6.07, 6.45) is -0.447. The zero-order chi connectivity index (χ0) is 22.2. The van der Waals surface area contributed by atoms with Crippen LogP contribution in [0, 0.1) is 6.92 Å². The Bertz CT molecular complexity index is 1270. The molecule has 31 heavy (non-hydrogen) atoms. The summed E-state index contributed by atoms with van der Waals surface area (Å²) in [5.74, 6) is -1.09. The summed E-state index contributed by atoms with van der Waals surface area (Å²) < 4.78 is 29.9. The number of hydrogen-bond acceptors (Lipinski definition) is 6. The van der Waals surface area contributed by atoms with E-state index in [1.807, 2.05) is 6.92 Å². The molecule has 2 N–H and O–H groups in total. The fraction of sp³-hybridized carbons (Fsp3) is 0.130. The molecule has 1 aliphatic rings. The number of nitrogens with one attached hydrogen (secondary N) is 1. The van der Waals surface area contributed by atoms with E-state index in [0.29, 0.717) is 11.3 Å². The fourth-order valence-electron chi connectivity index (χ4n) is 3.39. The van der Waals surface area contributed by atoms with E-state index in [1.165, 1.54) is 36.4 Å². The number of fused-ring (bicyclic) bond motifs is 1. The van der Waals surface area contributed by atoms with E-state index < -0.39 is 33.8 Å². The van der Waals surface area contributed by atoms with Crippen LogP contribution in [0.1, 0.15) is 27.9 Å². The Morgan fingerprint density at radius 2 is 1.65 bits per heavy atom. The smallest absolute Gasteiger partial charge is 0.339 e. The molecule has 1 atom stereocenters. The molecule has 0 saturated carbocycles. The number of rotatable bonds is 6. The zero-order valence-corrected chi connectivity index (χ0v) is 17.3. The Morgan fingerprint density at radius 1 is 1.00 bits per heavy atom. The maximum absolute atomic E-state index is 12.7. The molecule has 0 aliphatic carbocycles. The molecule has 0 saturated heterocycles. The van der Waals surface area contributed by atoms with Gasteiger partial charge < -0.3 is 14.6 Å². The molecule has 8 heteroatoms. The first kappa shape index (κ1) is 20.8. The van der Waals surface area contributed by atoms with Crippen molar-refractivity contribution in [2.75, 3.05) is 5.32 Å². The third-order valence-corrected chi connectivity index (χ3v) is 6.37. The van der Waals surface area contributed by atoms with Crippen molar-refractivity contribution in [2.45, 2.75) is 23.8 Å². The summed E-state index contributed by atoms with van der Waals surface area (Å²) in [5, 5.41) is 13.4. The molecule has 158 valence electrons. The molecule has 3 aromatic carbocycles. The zero-order valence-electron chi connectivity index (χ0n) is 16.5. The molecule has 1 aliphatic heterocycles. The third kappa shape index (κ3) is 3.95. The third-order valence-electron chi connectivity index (χ3n) is 5.10. The molecule has 0 fully saturated rings. The molecule has 1 unspecified atom stereocenters. The molecule has 1 amide bonds. The van der Waals surface area contributed by atoms with Crippen LogP contribution in [-0.2, 0) is 20.5 Å². The summed E-state index contributed by atoms with van der Waals surface area (Å²) in [7, 11) is -4.01. The molecule has 0 radical (unpaired) electrons. The number of carbonyl (C=O) groups is 2. The highest BCUT2D eigenvalue weighted by molar-refractivity contribution is 7.87. The Labute approximate surface area is 179 Å². The average molecular weight is 437 g/mol. The molecule has 4 rings (SSSR count). The van der Waals surface area contributed by atoms with Gasteiger partial charge in [-0.3, -0.25) is 9.59 Å². The molecular weight excluding hydrogens is 418 g/mol. The largest absolute Gasteiger partial charge is 0.379 e. The van der Waals surface area contributed by atoms with Crippen LogP contribution in [0.15, 0.2) is 77.7 Å². The lowest BCUT2D eigenvalue weighted by Crippen LogP contribution is -2.36. The van der Waals surface area contributed by atoms with Gasteiger partial charge in [-0.2, -0.15) is 8.42 Å². The second-order valence-electron chi connectivity index (χ2n) is 7.33.